The number of anilines is 1. The molecule has 1 aromatic carbocycles. The number of hydrogen-bond donors (Lipinski definition) is 2. The predicted octanol–water partition coefficient (Wildman–Crippen LogP) is 2.40. The maximum absolute atomic E-state index is 12.0. The number of amides is 2. The van der Waals surface area contributed by atoms with Crippen molar-refractivity contribution < 1.29 is 14.3 Å². The Hall–Kier alpha value is -2.83. The van der Waals surface area contributed by atoms with Crippen molar-refractivity contribution in [2.75, 3.05) is 12.1 Å². The number of ether oxygens (including phenoxy) is 2. The Morgan fingerprint density at radius 3 is 2.91 bits per heavy atom. The average molecular weight is 312 g/mol. The molecule has 2 aliphatic rings. The molecule has 1 aliphatic heterocycles. The molecule has 7 heteroatoms. The van der Waals surface area contributed by atoms with Gasteiger partial charge in [0.05, 0.1) is 12.2 Å². The summed E-state index contributed by atoms with van der Waals surface area (Å²) in [6.07, 6.45) is 3.93. The number of rotatable bonds is 4. The highest BCUT2D eigenvalue weighted by molar-refractivity contribution is 5.89. The maximum atomic E-state index is 12.0. The lowest BCUT2D eigenvalue weighted by molar-refractivity contribution is 0.174. The van der Waals surface area contributed by atoms with E-state index in [1.54, 1.807) is 24.5 Å². The lowest BCUT2D eigenvalue weighted by Crippen LogP contribution is -2.28. The number of nitrogens with one attached hydrogen (secondary N) is 2. The van der Waals surface area contributed by atoms with Crippen molar-refractivity contribution in [3.05, 3.63) is 42.0 Å². The van der Waals surface area contributed by atoms with E-state index in [2.05, 4.69) is 20.6 Å². The fraction of sp³-hybridized carbons (Fsp3) is 0.312. The van der Waals surface area contributed by atoms with Crippen molar-refractivity contribution >= 4 is 11.7 Å². The molecule has 2 N–H and O–H groups in total. The molecule has 0 spiro atoms. The summed E-state index contributed by atoms with van der Waals surface area (Å²) in [5, 5.41) is 5.55. The summed E-state index contributed by atoms with van der Waals surface area (Å²) in [5.41, 5.74) is 2.52. The Morgan fingerprint density at radius 1 is 1.17 bits per heavy atom. The third-order valence-electron chi connectivity index (χ3n) is 3.80. The molecule has 1 fully saturated rings. The normalized spacial score (nSPS) is 15.3. The number of fused-ring (bicyclic) bond motifs is 1. The number of aromatic nitrogens is 2. The van der Waals surface area contributed by atoms with E-state index in [0.29, 0.717) is 29.6 Å². The van der Waals surface area contributed by atoms with Gasteiger partial charge in [-0.2, -0.15) is 0 Å². The van der Waals surface area contributed by atoms with Gasteiger partial charge >= 0.3 is 6.03 Å². The van der Waals surface area contributed by atoms with Crippen LogP contribution in [-0.2, 0) is 6.54 Å². The smallest absolute Gasteiger partial charge is 0.319 e. The van der Waals surface area contributed by atoms with Crippen LogP contribution in [0, 0.1) is 0 Å². The molecular weight excluding hydrogens is 296 g/mol. The second kappa shape index (κ2) is 5.75. The summed E-state index contributed by atoms with van der Waals surface area (Å²) in [5.74, 6) is 1.89. The molecule has 7 nitrogen and oxygen atoms in total. The molecule has 0 atom stereocenters. The van der Waals surface area contributed by atoms with Crippen molar-refractivity contribution in [2.45, 2.75) is 25.3 Å². The summed E-state index contributed by atoms with van der Waals surface area (Å²) in [6, 6.07) is 6.93. The van der Waals surface area contributed by atoms with E-state index in [0.717, 1.165) is 11.4 Å². The molecule has 2 amide bonds. The highest BCUT2D eigenvalue weighted by atomic mass is 16.7. The second-order valence-electron chi connectivity index (χ2n) is 5.58. The monoisotopic (exact) mass is 312 g/mol. The Labute approximate surface area is 133 Å². The van der Waals surface area contributed by atoms with Gasteiger partial charge in [0.1, 0.15) is 6.33 Å². The van der Waals surface area contributed by atoms with Gasteiger partial charge in [0.25, 0.3) is 0 Å². The summed E-state index contributed by atoms with van der Waals surface area (Å²) in [4.78, 5) is 20.4. The first-order valence-corrected chi connectivity index (χ1v) is 7.53. The summed E-state index contributed by atoms with van der Waals surface area (Å²) in [6.45, 7) is 0.570. The summed E-state index contributed by atoms with van der Waals surface area (Å²) < 4.78 is 10.5. The number of benzene rings is 1. The van der Waals surface area contributed by atoms with Crippen molar-refractivity contribution in [3.8, 4) is 11.5 Å². The van der Waals surface area contributed by atoms with E-state index in [1.165, 1.54) is 12.8 Å². The number of carbonyl (C=O) groups is 1. The minimum Gasteiger partial charge on any atom is -0.454 e. The van der Waals surface area contributed by atoms with Gasteiger partial charge < -0.3 is 20.1 Å². The lowest BCUT2D eigenvalue weighted by Gasteiger charge is -2.08. The zero-order valence-corrected chi connectivity index (χ0v) is 12.4. The highest BCUT2D eigenvalue weighted by Gasteiger charge is 2.25. The van der Waals surface area contributed by atoms with Crippen molar-refractivity contribution in [1.29, 1.82) is 0 Å². The van der Waals surface area contributed by atoms with Gasteiger partial charge in [0.15, 0.2) is 11.5 Å². The van der Waals surface area contributed by atoms with E-state index in [9.17, 15) is 4.79 Å². The maximum Gasteiger partial charge on any atom is 0.319 e. The van der Waals surface area contributed by atoms with Crippen LogP contribution in [0.25, 0.3) is 0 Å². The zero-order chi connectivity index (χ0) is 15.6. The van der Waals surface area contributed by atoms with Gasteiger partial charge in [0.2, 0.25) is 6.79 Å². The number of nitrogens with zero attached hydrogens (tertiary/aromatic N) is 2. The van der Waals surface area contributed by atoms with Crippen LogP contribution in [0.2, 0.25) is 0 Å². The Morgan fingerprint density at radius 2 is 2.04 bits per heavy atom. The minimum absolute atomic E-state index is 0.210. The van der Waals surface area contributed by atoms with Crippen LogP contribution in [0.3, 0.4) is 0 Å². The topological polar surface area (TPSA) is 85.4 Å². The quantitative estimate of drug-likeness (QED) is 0.905. The van der Waals surface area contributed by atoms with Crippen molar-refractivity contribution in [2.24, 2.45) is 0 Å². The summed E-state index contributed by atoms with van der Waals surface area (Å²) >= 11 is 0. The third-order valence-corrected chi connectivity index (χ3v) is 3.80. The molecule has 1 aromatic heterocycles. The first-order valence-electron chi connectivity index (χ1n) is 7.53. The zero-order valence-electron chi connectivity index (χ0n) is 12.4. The first kappa shape index (κ1) is 13.8. The number of hydrogen-bond acceptors (Lipinski definition) is 5. The van der Waals surface area contributed by atoms with E-state index >= 15 is 0 Å². The molecule has 23 heavy (non-hydrogen) atoms. The van der Waals surface area contributed by atoms with Gasteiger partial charge in [0, 0.05) is 23.4 Å². The van der Waals surface area contributed by atoms with Crippen LogP contribution < -0.4 is 20.1 Å². The van der Waals surface area contributed by atoms with Crippen LogP contribution in [0.4, 0.5) is 10.5 Å². The Kier molecular flexibility index (Phi) is 3.45. The van der Waals surface area contributed by atoms with Crippen LogP contribution in [0.1, 0.15) is 30.1 Å². The molecule has 2 heterocycles. The van der Waals surface area contributed by atoms with Crippen LogP contribution >= 0.6 is 0 Å². The molecule has 118 valence electrons. The van der Waals surface area contributed by atoms with E-state index in [1.807, 2.05) is 6.07 Å². The van der Waals surface area contributed by atoms with Gasteiger partial charge in [-0.15, -0.1) is 0 Å². The molecule has 4 rings (SSSR count). The van der Waals surface area contributed by atoms with Crippen molar-refractivity contribution in [1.82, 2.24) is 15.3 Å². The van der Waals surface area contributed by atoms with Gasteiger partial charge in [-0.3, -0.25) is 0 Å². The van der Waals surface area contributed by atoms with E-state index in [-0.39, 0.29) is 12.8 Å². The van der Waals surface area contributed by atoms with Crippen LogP contribution in [0.15, 0.2) is 30.6 Å². The highest BCUT2D eigenvalue weighted by Crippen LogP contribution is 2.38. The second-order valence-corrected chi connectivity index (χ2v) is 5.58. The molecule has 2 aromatic rings. The standard InChI is InChI=1S/C16H16N4O3/c21-16(20-11-3-4-14-15(6-11)23-9-22-14)17-7-12-5-13(10-1-2-10)19-8-18-12/h3-6,8,10H,1-2,7,9H2,(H2,17,20,21). The molecule has 1 saturated carbocycles. The fourth-order valence-electron chi connectivity index (χ4n) is 2.43. The van der Waals surface area contributed by atoms with Crippen molar-refractivity contribution in [3.63, 3.8) is 0 Å². The Bertz CT molecular complexity index is 746. The molecule has 0 saturated heterocycles. The average Bonchev–Trinajstić information content (AvgIpc) is 3.32. The van der Waals surface area contributed by atoms with Crippen LogP contribution in [0.5, 0.6) is 11.5 Å². The molecular formula is C16H16N4O3. The fourth-order valence-corrected chi connectivity index (χ4v) is 2.43. The number of urea groups is 1. The first-order chi connectivity index (χ1) is 11.3. The predicted molar refractivity (Wildman–Crippen MR) is 82.4 cm³/mol. The largest absolute Gasteiger partial charge is 0.454 e. The molecule has 0 radical (unpaired) electrons. The third kappa shape index (κ3) is 3.18. The Balaban J connectivity index is 1.34. The molecule has 1 aliphatic carbocycles. The molecule has 0 bridgehead atoms. The summed E-state index contributed by atoms with van der Waals surface area (Å²) in [7, 11) is 0. The van der Waals surface area contributed by atoms with E-state index in [4.69, 9.17) is 9.47 Å². The minimum atomic E-state index is -0.296. The molecule has 0 unspecified atom stereocenters. The number of carbonyl (C=O) groups excluding carboxylic acids is 1. The van der Waals surface area contributed by atoms with Crippen LogP contribution in [-0.4, -0.2) is 22.8 Å². The SMILES string of the molecule is O=C(NCc1cc(C2CC2)ncn1)Nc1ccc2c(c1)OCO2. The van der Waals surface area contributed by atoms with Gasteiger partial charge in [-0.25, -0.2) is 14.8 Å². The van der Waals surface area contributed by atoms with Gasteiger partial charge in [-0.1, -0.05) is 0 Å². The lowest BCUT2D eigenvalue weighted by atomic mass is 10.2. The van der Waals surface area contributed by atoms with Gasteiger partial charge in [-0.05, 0) is 31.0 Å². The van der Waals surface area contributed by atoms with E-state index < -0.39 is 0 Å².